The number of rotatable bonds is 4. The zero-order valence-corrected chi connectivity index (χ0v) is 12.3. The number of nitrogens with zero attached hydrogens (tertiary/aromatic N) is 2. The molecule has 1 aromatic carbocycles. The predicted octanol–water partition coefficient (Wildman–Crippen LogP) is 3.62. The van der Waals surface area contributed by atoms with E-state index in [4.69, 9.17) is 0 Å². The molecule has 2 aromatic rings. The number of alkyl halides is 3. The lowest BCUT2D eigenvalue weighted by Gasteiger charge is -2.14. The van der Waals surface area contributed by atoms with Crippen LogP contribution in [0.5, 0.6) is 0 Å². The molecule has 0 fully saturated rings. The maximum Gasteiger partial charge on any atom is 0.433 e. The molecule has 0 saturated carbocycles. The molecule has 114 valence electrons. The van der Waals surface area contributed by atoms with Crippen LogP contribution in [0.2, 0.25) is 0 Å². The second-order valence-corrected chi connectivity index (χ2v) is 5.05. The lowest BCUT2D eigenvalue weighted by atomic mass is 10.1. The van der Waals surface area contributed by atoms with Gasteiger partial charge in [-0.2, -0.15) is 18.3 Å². The average molecular weight is 297 g/mol. The fraction of sp³-hybridized carbons (Fsp3) is 0.400. The van der Waals surface area contributed by atoms with E-state index in [0.717, 1.165) is 15.8 Å². The smallest absolute Gasteiger partial charge is 0.313 e. The van der Waals surface area contributed by atoms with Gasteiger partial charge in [0.15, 0.2) is 5.69 Å². The fourth-order valence-electron chi connectivity index (χ4n) is 2.34. The topological polar surface area (TPSA) is 29.9 Å². The summed E-state index contributed by atoms with van der Waals surface area (Å²) in [6.07, 6.45) is -3.16. The minimum atomic E-state index is -4.45. The second kappa shape index (κ2) is 5.89. The highest BCUT2D eigenvalue weighted by molar-refractivity contribution is 5.41. The molecule has 0 saturated heterocycles. The summed E-state index contributed by atoms with van der Waals surface area (Å²) in [6.45, 7) is 6.31. The normalized spacial score (nSPS) is 11.9. The Hall–Kier alpha value is -1.82. The van der Waals surface area contributed by atoms with Crippen LogP contribution >= 0.6 is 0 Å². The Morgan fingerprint density at radius 1 is 1.14 bits per heavy atom. The van der Waals surface area contributed by atoms with Crippen molar-refractivity contribution in [2.75, 3.05) is 6.54 Å². The van der Waals surface area contributed by atoms with Gasteiger partial charge >= 0.3 is 6.18 Å². The average Bonchev–Trinajstić information content (AvgIpc) is 2.78. The van der Waals surface area contributed by atoms with Gasteiger partial charge in [-0.15, -0.1) is 0 Å². The van der Waals surface area contributed by atoms with Gasteiger partial charge in [-0.3, -0.25) is 0 Å². The van der Waals surface area contributed by atoms with Crippen molar-refractivity contribution in [3.8, 4) is 5.69 Å². The zero-order chi connectivity index (χ0) is 15.6. The van der Waals surface area contributed by atoms with Gasteiger partial charge in [0.05, 0.1) is 11.9 Å². The van der Waals surface area contributed by atoms with Crippen LogP contribution in [0.4, 0.5) is 13.2 Å². The molecule has 0 aliphatic rings. The number of benzene rings is 1. The molecule has 0 spiro atoms. The fourth-order valence-corrected chi connectivity index (χ4v) is 2.34. The Morgan fingerprint density at radius 2 is 1.76 bits per heavy atom. The molecule has 0 aliphatic heterocycles. The number of halogens is 3. The van der Waals surface area contributed by atoms with Gasteiger partial charge in [0, 0.05) is 12.1 Å². The van der Waals surface area contributed by atoms with E-state index >= 15 is 0 Å². The summed E-state index contributed by atoms with van der Waals surface area (Å²) in [4.78, 5) is 0. The predicted molar refractivity (Wildman–Crippen MR) is 75.4 cm³/mol. The Bertz CT molecular complexity index is 609. The molecular formula is C15H18F3N3. The molecule has 3 nitrogen and oxygen atoms in total. The molecule has 0 unspecified atom stereocenters. The Kier molecular flexibility index (Phi) is 4.37. The molecule has 0 bridgehead atoms. The van der Waals surface area contributed by atoms with Crippen molar-refractivity contribution >= 4 is 0 Å². The van der Waals surface area contributed by atoms with E-state index in [1.54, 1.807) is 12.1 Å². The maximum atomic E-state index is 13.4. The third-order valence-corrected chi connectivity index (χ3v) is 3.13. The largest absolute Gasteiger partial charge is 0.433 e. The molecule has 1 aromatic heterocycles. The van der Waals surface area contributed by atoms with E-state index in [1.807, 2.05) is 26.8 Å². The summed E-state index contributed by atoms with van der Waals surface area (Å²) in [5, 5.41) is 6.86. The molecule has 6 heteroatoms. The number of hydrogen-bond acceptors (Lipinski definition) is 2. The van der Waals surface area contributed by atoms with Crippen molar-refractivity contribution in [3.05, 3.63) is 46.8 Å². The molecule has 1 heterocycles. The van der Waals surface area contributed by atoms with Crippen LogP contribution < -0.4 is 5.32 Å². The third kappa shape index (κ3) is 3.44. The van der Waals surface area contributed by atoms with Crippen LogP contribution in [0.15, 0.2) is 24.4 Å². The van der Waals surface area contributed by atoms with E-state index < -0.39 is 11.9 Å². The summed E-state index contributed by atoms with van der Waals surface area (Å²) in [7, 11) is 0. The number of hydrogen-bond donors (Lipinski definition) is 1. The molecule has 1 N–H and O–H groups in total. The third-order valence-electron chi connectivity index (χ3n) is 3.13. The molecule has 0 aliphatic carbocycles. The highest BCUT2D eigenvalue weighted by Crippen LogP contribution is 2.33. The maximum absolute atomic E-state index is 13.4. The van der Waals surface area contributed by atoms with Crippen LogP contribution in [0.3, 0.4) is 0 Å². The van der Waals surface area contributed by atoms with Crippen LogP contribution in [0.25, 0.3) is 5.69 Å². The van der Waals surface area contributed by atoms with Crippen molar-refractivity contribution in [2.45, 2.75) is 33.5 Å². The summed E-state index contributed by atoms with van der Waals surface area (Å²) >= 11 is 0. The van der Waals surface area contributed by atoms with Crippen molar-refractivity contribution in [2.24, 2.45) is 0 Å². The van der Waals surface area contributed by atoms with E-state index in [-0.39, 0.29) is 12.1 Å². The van der Waals surface area contributed by atoms with E-state index in [2.05, 4.69) is 10.4 Å². The molecule has 0 amide bonds. The van der Waals surface area contributed by atoms with Crippen LogP contribution in [0.1, 0.15) is 29.3 Å². The number of aryl methyl sites for hydroxylation is 2. The molecule has 21 heavy (non-hydrogen) atoms. The van der Waals surface area contributed by atoms with Gasteiger partial charge in [0.25, 0.3) is 0 Å². The Balaban J connectivity index is 2.55. The molecule has 2 rings (SSSR count). The van der Waals surface area contributed by atoms with Crippen LogP contribution in [-0.2, 0) is 12.7 Å². The molecule has 0 atom stereocenters. The lowest BCUT2D eigenvalue weighted by Crippen LogP contribution is -2.19. The highest BCUT2D eigenvalue weighted by atomic mass is 19.4. The monoisotopic (exact) mass is 297 g/mol. The van der Waals surface area contributed by atoms with Gasteiger partial charge in [0.2, 0.25) is 0 Å². The summed E-state index contributed by atoms with van der Waals surface area (Å²) in [5.74, 6) is 0. The lowest BCUT2D eigenvalue weighted by molar-refractivity contribution is -0.143. The zero-order valence-electron chi connectivity index (χ0n) is 12.3. The summed E-state index contributed by atoms with van der Waals surface area (Å²) in [6, 6.07) is 5.32. The highest BCUT2D eigenvalue weighted by Gasteiger charge is 2.38. The van der Waals surface area contributed by atoms with Crippen LogP contribution in [-0.4, -0.2) is 16.3 Å². The van der Waals surface area contributed by atoms with Gasteiger partial charge in [-0.25, -0.2) is 4.68 Å². The SMILES string of the molecule is CCNCc1cnn(-c2cc(C)cc(C)c2)c1C(F)(F)F. The first-order valence-corrected chi connectivity index (χ1v) is 6.76. The Labute approximate surface area is 121 Å². The van der Waals surface area contributed by atoms with Crippen molar-refractivity contribution in [1.82, 2.24) is 15.1 Å². The number of aromatic nitrogens is 2. The molecular weight excluding hydrogens is 279 g/mol. The van der Waals surface area contributed by atoms with Gasteiger partial charge < -0.3 is 5.32 Å². The van der Waals surface area contributed by atoms with E-state index in [0.29, 0.717) is 12.2 Å². The first-order valence-electron chi connectivity index (χ1n) is 6.76. The van der Waals surface area contributed by atoms with Crippen molar-refractivity contribution in [1.29, 1.82) is 0 Å². The minimum absolute atomic E-state index is 0.149. The quantitative estimate of drug-likeness (QED) is 0.934. The van der Waals surface area contributed by atoms with Gasteiger partial charge in [-0.1, -0.05) is 13.0 Å². The number of nitrogens with one attached hydrogen (secondary N) is 1. The van der Waals surface area contributed by atoms with Gasteiger partial charge in [0.1, 0.15) is 0 Å². The van der Waals surface area contributed by atoms with Crippen molar-refractivity contribution in [3.63, 3.8) is 0 Å². The van der Waals surface area contributed by atoms with E-state index in [9.17, 15) is 13.2 Å². The van der Waals surface area contributed by atoms with Crippen molar-refractivity contribution < 1.29 is 13.2 Å². The van der Waals surface area contributed by atoms with E-state index in [1.165, 1.54) is 6.20 Å². The first kappa shape index (κ1) is 15.6. The first-order chi connectivity index (χ1) is 9.82. The second-order valence-electron chi connectivity index (χ2n) is 5.05. The van der Waals surface area contributed by atoms with Crippen LogP contribution in [0, 0.1) is 13.8 Å². The Morgan fingerprint density at radius 3 is 2.29 bits per heavy atom. The minimum Gasteiger partial charge on any atom is -0.313 e. The van der Waals surface area contributed by atoms with Gasteiger partial charge in [-0.05, 0) is 43.7 Å². The molecule has 0 radical (unpaired) electrons. The summed E-state index contributed by atoms with van der Waals surface area (Å²) < 4.78 is 41.1. The standard InChI is InChI=1S/C15H18F3N3/c1-4-19-8-12-9-20-21(14(12)15(16,17)18)13-6-10(2)5-11(3)7-13/h5-7,9,19H,4,8H2,1-3H3. The summed E-state index contributed by atoms with van der Waals surface area (Å²) in [5.41, 5.74) is 1.68.